The fourth-order valence-electron chi connectivity index (χ4n) is 2.49. The zero-order valence-corrected chi connectivity index (χ0v) is 15.3. The van der Waals surface area contributed by atoms with Gasteiger partial charge < -0.3 is 4.74 Å². The molecule has 1 N–H and O–H groups in total. The van der Waals surface area contributed by atoms with Gasteiger partial charge in [0.05, 0.1) is 17.7 Å². The summed E-state index contributed by atoms with van der Waals surface area (Å²) in [5.74, 6) is 0.119. The van der Waals surface area contributed by atoms with Crippen molar-refractivity contribution >= 4 is 39.4 Å². The number of hydrogen-bond acceptors (Lipinski definition) is 5. The highest BCUT2D eigenvalue weighted by atomic mass is 35.5. The topological polar surface area (TPSA) is 72.5 Å². The van der Waals surface area contributed by atoms with Gasteiger partial charge in [0.2, 0.25) is 10.0 Å². The molecule has 23 heavy (non-hydrogen) atoms. The number of hydrogen-bond donors (Lipinski definition) is 1. The van der Waals surface area contributed by atoms with Gasteiger partial charge >= 0.3 is 5.97 Å². The first-order chi connectivity index (χ1) is 10.9. The average molecular weight is 378 g/mol. The second-order valence-corrected chi connectivity index (χ2v) is 8.86. The number of sulfonamides is 1. The van der Waals surface area contributed by atoms with Gasteiger partial charge in [-0.3, -0.25) is 0 Å². The Hall–Kier alpha value is -0.760. The van der Waals surface area contributed by atoms with Crippen molar-refractivity contribution in [2.24, 2.45) is 0 Å². The number of carbonyl (C=O) groups excluding carboxylic acids is 1. The van der Waals surface area contributed by atoms with Crippen molar-refractivity contribution in [2.45, 2.75) is 35.8 Å². The van der Waals surface area contributed by atoms with Crippen LogP contribution in [-0.4, -0.2) is 39.0 Å². The van der Waals surface area contributed by atoms with Gasteiger partial charge in [-0.05, 0) is 31.0 Å². The van der Waals surface area contributed by atoms with E-state index < -0.39 is 16.0 Å². The van der Waals surface area contributed by atoms with Crippen LogP contribution in [0.4, 0.5) is 0 Å². The van der Waals surface area contributed by atoms with Crippen molar-refractivity contribution < 1.29 is 17.9 Å². The Morgan fingerprint density at radius 1 is 1.39 bits per heavy atom. The third-order valence-corrected chi connectivity index (χ3v) is 7.02. The molecule has 0 spiro atoms. The predicted octanol–water partition coefficient (Wildman–Crippen LogP) is 3.08. The normalized spacial score (nSPS) is 15.7. The van der Waals surface area contributed by atoms with Crippen LogP contribution >= 0.6 is 23.4 Å². The standard InChI is InChI=1S/C15H20ClNO4S2/c1-21-15(18)11-6-7-13(16)14(10-11)23(19,20)17-8-9-22-12-4-2-3-5-12/h6-7,10,12,17H,2-5,8-9H2,1H3. The molecule has 8 heteroatoms. The van der Waals surface area contributed by atoms with E-state index in [2.05, 4.69) is 9.46 Å². The maximum absolute atomic E-state index is 12.4. The number of halogens is 1. The van der Waals surface area contributed by atoms with Crippen LogP contribution in [0.25, 0.3) is 0 Å². The Labute approximate surface area is 146 Å². The zero-order valence-electron chi connectivity index (χ0n) is 12.9. The third-order valence-electron chi connectivity index (χ3n) is 3.69. The van der Waals surface area contributed by atoms with Crippen LogP contribution in [0.3, 0.4) is 0 Å². The monoisotopic (exact) mass is 377 g/mol. The molecule has 1 aliphatic rings. The lowest BCUT2D eigenvalue weighted by Crippen LogP contribution is -2.27. The Bertz CT molecular complexity index is 657. The quantitative estimate of drug-likeness (QED) is 0.584. The summed E-state index contributed by atoms with van der Waals surface area (Å²) in [4.78, 5) is 11.4. The minimum atomic E-state index is -3.75. The summed E-state index contributed by atoms with van der Waals surface area (Å²) in [6.07, 6.45) is 4.95. The lowest BCUT2D eigenvalue weighted by molar-refractivity contribution is 0.0600. The van der Waals surface area contributed by atoms with E-state index in [0.29, 0.717) is 11.8 Å². The van der Waals surface area contributed by atoms with E-state index in [0.717, 1.165) is 5.75 Å². The fraction of sp³-hybridized carbons (Fsp3) is 0.533. The number of benzene rings is 1. The minimum Gasteiger partial charge on any atom is -0.465 e. The Morgan fingerprint density at radius 2 is 2.09 bits per heavy atom. The van der Waals surface area contributed by atoms with Crippen LogP contribution in [0, 0.1) is 0 Å². The molecule has 128 valence electrons. The van der Waals surface area contributed by atoms with Gasteiger partial charge in [-0.2, -0.15) is 11.8 Å². The van der Waals surface area contributed by atoms with Crippen molar-refractivity contribution in [1.29, 1.82) is 0 Å². The molecule has 1 aromatic rings. The molecule has 2 rings (SSSR count). The van der Waals surface area contributed by atoms with Gasteiger partial charge in [-0.25, -0.2) is 17.9 Å². The minimum absolute atomic E-state index is 0.0774. The van der Waals surface area contributed by atoms with Crippen molar-refractivity contribution in [3.63, 3.8) is 0 Å². The van der Waals surface area contributed by atoms with Gasteiger partial charge in [0.15, 0.2) is 0 Å². The predicted molar refractivity (Wildman–Crippen MR) is 92.7 cm³/mol. The van der Waals surface area contributed by atoms with Crippen molar-refractivity contribution in [3.8, 4) is 0 Å². The smallest absolute Gasteiger partial charge is 0.337 e. The van der Waals surface area contributed by atoms with Crippen LogP contribution in [0.1, 0.15) is 36.0 Å². The second kappa shape index (κ2) is 8.37. The van der Waals surface area contributed by atoms with E-state index in [1.165, 1.54) is 51.0 Å². The van der Waals surface area contributed by atoms with Crippen molar-refractivity contribution in [2.75, 3.05) is 19.4 Å². The molecule has 5 nitrogen and oxygen atoms in total. The van der Waals surface area contributed by atoms with Crippen LogP contribution in [0.2, 0.25) is 5.02 Å². The highest BCUT2D eigenvalue weighted by Crippen LogP contribution is 2.29. The summed E-state index contributed by atoms with van der Waals surface area (Å²) in [6, 6.07) is 4.05. The molecule has 0 saturated heterocycles. The number of rotatable bonds is 7. The number of esters is 1. The van der Waals surface area contributed by atoms with Gasteiger partial charge in [0.25, 0.3) is 0 Å². The van der Waals surface area contributed by atoms with E-state index in [4.69, 9.17) is 11.6 Å². The number of carbonyl (C=O) groups is 1. The van der Waals surface area contributed by atoms with Crippen LogP contribution < -0.4 is 4.72 Å². The summed E-state index contributed by atoms with van der Waals surface area (Å²) in [7, 11) is -2.51. The Kier molecular flexibility index (Phi) is 6.76. The molecule has 0 aromatic heterocycles. The summed E-state index contributed by atoms with van der Waals surface area (Å²) in [5, 5.41) is 0.722. The molecular weight excluding hydrogens is 358 g/mol. The first kappa shape index (κ1) is 18.6. The zero-order chi connectivity index (χ0) is 16.9. The Morgan fingerprint density at radius 3 is 2.74 bits per heavy atom. The number of ether oxygens (including phenoxy) is 1. The van der Waals surface area contributed by atoms with Crippen LogP contribution in [0.5, 0.6) is 0 Å². The van der Waals surface area contributed by atoms with Crippen molar-refractivity contribution in [3.05, 3.63) is 28.8 Å². The van der Waals surface area contributed by atoms with Gasteiger partial charge in [-0.15, -0.1) is 0 Å². The number of nitrogens with one attached hydrogen (secondary N) is 1. The van der Waals surface area contributed by atoms with Crippen molar-refractivity contribution in [1.82, 2.24) is 4.72 Å². The molecule has 1 saturated carbocycles. The van der Waals surface area contributed by atoms with E-state index in [-0.39, 0.29) is 15.5 Å². The molecule has 0 unspecified atom stereocenters. The highest BCUT2D eigenvalue weighted by molar-refractivity contribution is 8.00. The SMILES string of the molecule is COC(=O)c1ccc(Cl)c(S(=O)(=O)NCCSC2CCCC2)c1. The molecule has 0 heterocycles. The van der Waals surface area contributed by atoms with E-state index in [9.17, 15) is 13.2 Å². The van der Waals surface area contributed by atoms with Crippen LogP contribution in [0.15, 0.2) is 23.1 Å². The molecule has 0 atom stereocenters. The summed E-state index contributed by atoms with van der Waals surface area (Å²) >= 11 is 7.77. The number of thioether (sulfide) groups is 1. The molecule has 0 aliphatic heterocycles. The summed E-state index contributed by atoms with van der Waals surface area (Å²) < 4.78 is 31.8. The third kappa shape index (κ3) is 5.11. The van der Waals surface area contributed by atoms with E-state index in [1.807, 2.05) is 0 Å². The molecule has 1 fully saturated rings. The molecule has 1 aliphatic carbocycles. The first-order valence-electron chi connectivity index (χ1n) is 7.43. The van der Waals surface area contributed by atoms with Crippen LogP contribution in [-0.2, 0) is 14.8 Å². The lowest BCUT2D eigenvalue weighted by Gasteiger charge is -2.11. The largest absolute Gasteiger partial charge is 0.465 e. The molecular formula is C15H20ClNO4S2. The fourth-order valence-corrected chi connectivity index (χ4v) is 5.39. The maximum Gasteiger partial charge on any atom is 0.337 e. The van der Waals surface area contributed by atoms with E-state index in [1.54, 1.807) is 11.8 Å². The molecule has 0 amide bonds. The summed E-state index contributed by atoms with van der Waals surface area (Å²) in [5.41, 5.74) is 0.151. The average Bonchev–Trinajstić information content (AvgIpc) is 3.04. The molecule has 0 bridgehead atoms. The lowest BCUT2D eigenvalue weighted by atomic mass is 10.2. The van der Waals surface area contributed by atoms with Gasteiger partial charge in [0.1, 0.15) is 4.90 Å². The van der Waals surface area contributed by atoms with Gasteiger partial charge in [-0.1, -0.05) is 24.4 Å². The van der Waals surface area contributed by atoms with E-state index >= 15 is 0 Å². The Balaban J connectivity index is 1.99. The first-order valence-corrected chi connectivity index (χ1v) is 10.3. The highest BCUT2D eigenvalue weighted by Gasteiger charge is 2.21. The number of methoxy groups -OCH3 is 1. The maximum atomic E-state index is 12.4. The molecule has 1 aromatic carbocycles. The second-order valence-electron chi connectivity index (χ2n) is 5.31. The summed E-state index contributed by atoms with van der Waals surface area (Å²) in [6.45, 7) is 0.336. The van der Waals surface area contributed by atoms with Gasteiger partial charge in [0, 0.05) is 17.5 Å². The molecule has 0 radical (unpaired) electrons.